The van der Waals surface area contributed by atoms with Gasteiger partial charge in [-0.1, -0.05) is 0 Å². The molecular weight excluding hydrogens is 437 g/mol. The number of fused-ring (bicyclic) bond motifs is 2. The van der Waals surface area contributed by atoms with Crippen LogP contribution in [-0.2, 0) is 6.54 Å². The van der Waals surface area contributed by atoms with Crippen molar-refractivity contribution in [2.75, 3.05) is 46.9 Å². The van der Waals surface area contributed by atoms with E-state index >= 15 is 0 Å². The first kappa shape index (κ1) is 22.4. The average molecular weight is 466 g/mol. The van der Waals surface area contributed by atoms with Gasteiger partial charge in [-0.2, -0.15) is 0 Å². The largest absolute Gasteiger partial charge is 0.505 e. The number of ketones is 1. The summed E-state index contributed by atoms with van der Waals surface area (Å²) in [5, 5.41) is 10.6. The Balaban J connectivity index is 1.52. The standard InChI is InChI=1S/C26H28FN3O4/c1-16-18(14-25-26(32)20-13-21(27)23(31)15-24(20)34-25)19-12-17(33-3)4-5-22(19)30(16)11-10-29-8-6-28(2)7-9-29/h4-5,12-15,31H,6-11H2,1-3H3. The van der Waals surface area contributed by atoms with Crippen molar-refractivity contribution < 1.29 is 23.8 Å². The van der Waals surface area contributed by atoms with E-state index in [4.69, 9.17) is 9.47 Å². The lowest BCUT2D eigenvalue weighted by atomic mass is 10.1. The third-order valence-electron chi connectivity index (χ3n) is 6.83. The number of carbonyl (C=O) groups is 1. The van der Waals surface area contributed by atoms with E-state index in [9.17, 15) is 14.3 Å². The van der Waals surface area contributed by atoms with E-state index in [1.54, 1.807) is 13.2 Å². The minimum Gasteiger partial charge on any atom is -0.505 e. The van der Waals surface area contributed by atoms with Crippen LogP contribution in [0, 0.1) is 12.7 Å². The number of likely N-dealkylation sites (N-methyl/N-ethyl adjacent to an activating group) is 1. The van der Waals surface area contributed by atoms with Gasteiger partial charge in [-0.3, -0.25) is 9.69 Å². The van der Waals surface area contributed by atoms with Gasteiger partial charge in [-0.15, -0.1) is 0 Å². The number of carbonyl (C=O) groups excluding carboxylic acids is 1. The van der Waals surface area contributed by atoms with Gasteiger partial charge in [0.05, 0.1) is 12.7 Å². The number of piperazine rings is 1. The third-order valence-corrected chi connectivity index (χ3v) is 6.83. The van der Waals surface area contributed by atoms with Gasteiger partial charge in [-0.25, -0.2) is 4.39 Å². The molecule has 1 N–H and O–H groups in total. The zero-order valence-corrected chi connectivity index (χ0v) is 19.6. The van der Waals surface area contributed by atoms with Crippen molar-refractivity contribution in [2.45, 2.75) is 13.5 Å². The van der Waals surface area contributed by atoms with Crippen LogP contribution in [0.3, 0.4) is 0 Å². The van der Waals surface area contributed by atoms with Gasteiger partial charge in [0.15, 0.2) is 17.3 Å². The number of hydrogen-bond donors (Lipinski definition) is 1. The van der Waals surface area contributed by atoms with Crippen LogP contribution in [0.15, 0.2) is 36.1 Å². The summed E-state index contributed by atoms with van der Waals surface area (Å²) in [5.41, 5.74) is 3.01. The smallest absolute Gasteiger partial charge is 0.232 e. The molecule has 0 saturated carbocycles. The van der Waals surface area contributed by atoms with Crippen LogP contribution in [0.5, 0.6) is 17.2 Å². The minimum atomic E-state index is -0.849. The molecule has 2 aliphatic rings. The molecule has 0 radical (unpaired) electrons. The highest BCUT2D eigenvalue weighted by Gasteiger charge is 2.30. The fraction of sp³-hybridized carbons (Fsp3) is 0.346. The molecule has 0 bridgehead atoms. The van der Waals surface area contributed by atoms with Crippen LogP contribution in [0.25, 0.3) is 17.0 Å². The highest BCUT2D eigenvalue weighted by atomic mass is 19.1. The van der Waals surface area contributed by atoms with E-state index in [1.165, 1.54) is 0 Å². The maximum atomic E-state index is 13.8. The van der Waals surface area contributed by atoms with Gasteiger partial charge in [0, 0.05) is 67.5 Å². The molecule has 3 heterocycles. The Morgan fingerprint density at radius 2 is 1.91 bits per heavy atom. The van der Waals surface area contributed by atoms with Crippen LogP contribution in [0.4, 0.5) is 4.39 Å². The Morgan fingerprint density at radius 3 is 2.65 bits per heavy atom. The van der Waals surface area contributed by atoms with E-state index in [1.807, 2.05) is 25.1 Å². The molecule has 5 rings (SSSR count). The summed E-state index contributed by atoms with van der Waals surface area (Å²) >= 11 is 0. The van der Waals surface area contributed by atoms with Gasteiger partial charge in [-0.05, 0) is 44.3 Å². The second-order valence-electron chi connectivity index (χ2n) is 8.92. The molecule has 8 heteroatoms. The molecule has 1 aromatic heterocycles. The molecule has 0 unspecified atom stereocenters. The van der Waals surface area contributed by atoms with Crippen molar-refractivity contribution in [3.63, 3.8) is 0 Å². The Labute approximate surface area is 197 Å². The number of benzene rings is 2. The molecule has 2 aliphatic heterocycles. The number of phenols is 1. The zero-order valence-electron chi connectivity index (χ0n) is 19.6. The van der Waals surface area contributed by atoms with Crippen LogP contribution in [-0.4, -0.2) is 72.1 Å². The lowest BCUT2D eigenvalue weighted by Crippen LogP contribution is -2.45. The monoisotopic (exact) mass is 465 g/mol. The fourth-order valence-corrected chi connectivity index (χ4v) is 4.73. The molecule has 1 fully saturated rings. The number of rotatable bonds is 5. The van der Waals surface area contributed by atoms with E-state index in [-0.39, 0.29) is 17.1 Å². The molecule has 0 amide bonds. The number of aromatic nitrogens is 1. The number of Topliss-reactive ketones (excluding diaryl/α,β-unsaturated/α-hetero) is 1. The molecular formula is C26H28FN3O4. The number of methoxy groups -OCH3 is 1. The molecule has 2 aromatic carbocycles. The highest BCUT2D eigenvalue weighted by Crippen LogP contribution is 2.38. The summed E-state index contributed by atoms with van der Waals surface area (Å²) < 4.78 is 27.3. The molecule has 7 nitrogen and oxygen atoms in total. The van der Waals surface area contributed by atoms with Gasteiger partial charge in [0.2, 0.25) is 5.78 Å². The minimum absolute atomic E-state index is 0.101. The first-order valence-electron chi connectivity index (χ1n) is 11.4. The Hall–Kier alpha value is -3.36. The maximum absolute atomic E-state index is 13.8. The number of aromatic hydroxyl groups is 1. The van der Waals surface area contributed by atoms with Crippen molar-refractivity contribution in [3.05, 3.63) is 58.7 Å². The molecule has 178 valence electrons. The first-order valence-corrected chi connectivity index (χ1v) is 11.4. The Kier molecular flexibility index (Phi) is 5.79. The zero-order chi connectivity index (χ0) is 24.0. The van der Waals surface area contributed by atoms with Crippen LogP contribution >= 0.6 is 0 Å². The Morgan fingerprint density at radius 1 is 1.15 bits per heavy atom. The lowest BCUT2D eigenvalue weighted by Gasteiger charge is -2.32. The van der Waals surface area contributed by atoms with Gasteiger partial charge < -0.3 is 24.0 Å². The van der Waals surface area contributed by atoms with Gasteiger partial charge in [0.1, 0.15) is 11.5 Å². The molecule has 3 aromatic rings. The van der Waals surface area contributed by atoms with Crippen LogP contribution in [0.1, 0.15) is 21.6 Å². The Bertz CT molecular complexity index is 1310. The summed E-state index contributed by atoms with van der Waals surface area (Å²) in [7, 11) is 3.77. The summed E-state index contributed by atoms with van der Waals surface area (Å²) in [6, 6.07) is 8.08. The summed E-state index contributed by atoms with van der Waals surface area (Å²) in [4.78, 5) is 17.7. The van der Waals surface area contributed by atoms with Crippen molar-refractivity contribution in [3.8, 4) is 17.2 Å². The first-order chi connectivity index (χ1) is 16.4. The van der Waals surface area contributed by atoms with E-state index in [0.717, 1.165) is 79.3 Å². The lowest BCUT2D eigenvalue weighted by molar-refractivity contribution is 0.101. The second kappa shape index (κ2) is 8.77. The van der Waals surface area contributed by atoms with Crippen molar-refractivity contribution in [2.24, 2.45) is 0 Å². The SMILES string of the molecule is COc1ccc2c(c1)c(C=C1Oc3cc(O)c(F)cc3C1=O)c(C)n2CCN1CCN(C)CC1. The highest BCUT2D eigenvalue weighted by molar-refractivity contribution is 6.15. The average Bonchev–Trinajstić information content (AvgIpc) is 3.27. The number of halogens is 1. The number of nitrogens with zero attached hydrogens (tertiary/aromatic N) is 3. The van der Waals surface area contributed by atoms with E-state index in [0.29, 0.717) is 0 Å². The predicted octanol–water partition coefficient (Wildman–Crippen LogP) is 3.67. The summed E-state index contributed by atoms with van der Waals surface area (Å²) in [5.74, 6) is -0.826. The summed E-state index contributed by atoms with van der Waals surface area (Å²) in [6.07, 6.45) is 1.71. The molecule has 0 aliphatic carbocycles. The maximum Gasteiger partial charge on any atom is 0.232 e. The topological polar surface area (TPSA) is 67.2 Å². The second-order valence-corrected chi connectivity index (χ2v) is 8.92. The quantitative estimate of drug-likeness (QED) is 0.580. The number of phenolic OH excluding ortho intramolecular Hbond substituents is 1. The number of allylic oxidation sites excluding steroid dienone is 1. The number of ether oxygens (including phenoxy) is 2. The normalized spacial score (nSPS) is 18.0. The van der Waals surface area contributed by atoms with Crippen molar-refractivity contribution >= 4 is 22.8 Å². The van der Waals surface area contributed by atoms with E-state index < -0.39 is 17.3 Å². The predicted molar refractivity (Wildman–Crippen MR) is 128 cm³/mol. The number of hydrogen-bond acceptors (Lipinski definition) is 6. The molecule has 0 atom stereocenters. The van der Waals surface area contributed by atoms with Crippen molar-refractivity contribution in [1.82, 2.24) is 14.4 Å². The van der Waals surface area contributed by atoms with Crippen LogP contribution in [0.2, 0.25) is 0 Å². The van der Waals surface area contributed by atoms with Crippen LogP contribution < -0.4 is 9.47 Å². The molecule has 1 saturated heterocycles. The third kappa shape index (κ3) is 3.93. The fourth-order valence-electron chi connectivity index (χ4n) is 4.73. The molecule has 34 heavy (non-hydrogen) atoms. The van der Waals surface area contributed by atoms with E-state index in [2.05, 4.69) is 21.4 Å². The van der Waals surface area contributed by atoms with Crippen molar-refractivity contribution in [1.29, 1.82) is 0 Å². The van der Waals surface area contributed by atoms with Gasteiger partial charge >= 0.3 is 0 Å². The van der Waals surface area contributed by atoms with Gasteiger partial charge in [0.25, 0.3) is 0 Å². The molecule has 0 spiro atoms. The summed E-state index contributed by atoms with van der Waals surface area (Å²) in [6.45, 7) is 8.00.